The Labute approximate surface area is 177 Å². The Balaban J connectivity index is 1.41. The fourth-order valence-corrected chi connectivity index (χ4v) is 4.76. The molecule has 1 aromatic carbocycles. The summed E-state index contributed by atoms with van der Waals surface area (Å²) in [5.74, 6) is 0.894. The molecule has 3 aliphatic rings. The highest BCUT2D eigenvalue weighted by molar-refractivity contribution is 5.98. The molecule has 2 unspecified atom stereocenters. The average Bonchev–Trinajstić information content (AvgIpc) is 2.88. The molecule has 2 N–H and O–H groups in total. The fraction of sp³-hybridized carbons (Fsp3) is 0.609. The molecule has 3 amide bonds. The Bertz CT molecular complexity index is 833. The molecule has 2 fully saturated rings. The third-order valence-corrected chi connectivity index (χ3v) is 6.81. The maximum absolute atomic E-state index is 12.8. The minimum Gasteiger partial charge on any atom is -0.467 e. The van der Waals surface area contributed by atoms with E-state index in [4.69, 9.17) is 4.74 Å². The lowest BCUT2D eigenvalue weighted by atomic mass is 9.87. The number of amides is 3. The first kappa shape index (κ1) is 20.7. The van der Waals surface area contributed by atoms with E-state index in [2.05, 4.69) is 17.6 Å². The molecule has 30 heavy (non-hydrogen) atoms. The Hall–Kier alpha value is -2.57. The number of likely N-dealkylation sites (tertiary alicyclic amines) is 1. The Kier molecular flexibility index (Phi) is 5.71. The second kappa shape index (κ2) is 8.28. The predicted molar refractivity (Wildman–Crippen MR) is 112 cm³/mol. The van der Waals surface area contributed by atoms with E-state index in [1.807, 2.05) is 6.07 Å². The van der Waals surface area contributed by atoms with E-state index in [0.717, 1.165) is 31.6 Å². The SMILES string of the molecule is CC1CCC(NC(=O)C(C)N2CCC3(CCC2=O)NC(=O)c2ccccc2O3)CC1. The van der Waals surface area contributed by atoms with Gasteiger partial charge in [0.05, 0.1) is 5.56 Å². The van der Waals surface area contributed by atoms with Gasteiger partial charge in [0.1, 0.15) is 11.8 Å². The van der Waals surface area contributed by atoms with Gasteiger partial charge in [-0.15, -0.1) is 0 Å². The number of nitrogens with zero attached hydrogens (tertiary/aromatic N) is 1. The van der Waals surface area contributed by atoms with Crippen LogP contribution in [0, 0.1) is 5.92 Å². The molecule has 0 aromatic heterocycles. The quantitative estimate of drug-likeness (QED) is 0.797. The molecule has 1 aromatic rings. The van der Waals surface area contributed by atoms with E-state index >= 15 is 0 Å². The first-order valence-electron chi connectivity index (χ1n) is 11.1. The number of rotatable bonds is 3. The normalized spacial score (nSPS) is 30.0. The highest BCUT2D eigenvalue weighted by atomic mass is 16.5. The van der Waals surface area contributed by atoms with E-state index in [1.165, 1.54) is 0 Å². The van der Waals surface area contributed by atoms with Crippen LogP contribution in [0.3, 0.4) is 0 Å². The van der Waals surface area contributed by atoms with Crippen LogP contribution in [0.15, 0.2) is 24.3 Å². The van der Waals surface area contributed by atoms with E-state index in [0.29, 0.717) is 30.7 Å². The molecule has 1 spiro atoms. The van der Waals surface area contributed by atoms with E-state index in [1.54, 1.807) is 30.0 Å². The van der Waals surface area contributed by atoms with Gasteiger partial charge in [-0.2, -0.15) is 0 Å². The number of ether oxygens (including phenoxy) is 1. The topological polar surface area (TPSA) is 87.7 Å². The summed E-state index contributed by atoms with van der Waals surface area (Å²) in [6.07, 6.45) is 5.30. The first-order valence-corrected chi connectivity index (χ1v) is 11.1. The monoisotopic (exact) mass is 413 g/mol. The molecule has 2 atom stereocenters. The summed E-state index contributed by atoms with van der Waals surface area (Å²) in [6, 6.07) is 6.79. The maximum Gasteiger partial charge on any atom is 0.258 e. The number of benzene rings is 1. The molecule has 0 bridgehead atoms. The van der Waals surface area contributed by atoms with Gasteiger partial charge in [0.25, 0.3) is 5.91 Å². The van der Waals surface area contributed by atoms with E-state index in [9.17, 15) is 14.4 Å². The Morgan fingerprint density at radius 3 is 2.70 bits per heavy atom. The molecular formula is C23H31N3O4. The number of hydrogen-bond donors (Lipinski definition) is 2. The Morgan fingerprint density at radius 1 is 1.20 bits per heavy atom. The van der Waals surface area contributed by atoms with Crippen molar-refractivity contribution in [2.45, 2.75) is 76.6 Å². The van der Waals surface area contributed by atoms with E-state index in [-0.39, 0.29) is 30.2 Å². The summed E-state index contributed by atoms with van der Waals surface area (Å²) in [5, 5.41) is 6.10. The van der Waals surface area contributed by atoms with Crippen LogP contribution < -0.4 is 15.4 Å². The zero-order chi connectivity index (χ0) is 21.3. The molecule has 0 radical (unpaired) electrons. The van der Waals surface area contributed by atoms with Crippen molar-refractivity contribution in [3.05, 3.63) is 29.8 Å². The number of carbonyl (C=O) groups excluding carboxylic acids is 3. The first-order chi connectivity index (χ1) is 14.4. The van der Waals surface area contributed by atoms with Gasteiger partial charge < -0.3 is 20.3 Å². The lowest BCUT2D eigenvalue weighted by molar-refractivity contribution is -0.139. The molecule has 7 heteroatoms. The number of hydrogen-bond acceptors (Lipinski definition) is 4. The third kappa shape index (κ3) is 4.16. The van der Waals surface area contributed by atoms with Crippen molar-refractivity contribution in [2.75, 3.05) is 6.54 Å². The van der Waals surface area contributed by atoms with Gasteiger partial charge >= 0.3 is 0 Å². The number of carbonyl (C=O) groups is 3. The van der Waals surface area contributed by atoms with Gasteiger partial charge in [0.15, 0.2) is 5.72 Å². The van der Waals surface area contributed by atoms with Crippen LogP contribution in [0.5, 0.6) is 5.75 Å². The van der Waals surface area contributed by atoms with Crippen LogP contribution in [-0.2, 0) is 9.59 Å². The third-order valence-electron chi connectivity index (χ3n) is 6.81. The summed E-state index contributed by atoms with van der Waals surface area (Å²) in [4.78, 5) is 39.9. The van der Waals surface area contributed by atoms with Crippen LogP contribution in [-0.4, -0.2) is 47.0 Å². The molecule has 1 saturated carbocycles. The van der Waals surface area contributed by atoms with Crippen LogP contribution in [0.2, 0.25) is 0 Å². The predicted octanol–water partition coefficient (Wildman–Crippen LogP) is 2.60. The molecule has 1 saturated heterocycles. The minimum absolute atomic E-state index is 0.0801. The minimum atomic E-state index is -0.911. The van der Waals surface area contributed by atoms with Crippen molar-refractivity contribution in [1.29, 1.82) is 0 Å². The fourth-order valence-electron chi connectivity index (χ4n) is 4.76. The average molecular weight is 414 g/mol. The van der Waals surface area contributed by atoms with E-state index < -0.39 is 11.8 Å². The van der Waals surface area contributed by atoms with Gasteiger partial charge in [-0.1, -0.05) is 19.1 Å². The van der Waals surface area contributed by atoms with Gasteiger partial charge in [-0.25, -0.2) is 0 Å². The van der Waals surface area contributed by atoms with Crippen molar-refractivity contribution in [3.63, 3.8) is 0 Å². The highest BCUT2D eigenvalue weighted by Gasteiger charge is 2.43. The zero-order valence-corrected chi connectivity index (χ0v) is 17.8. The van der Waals surface area contributed by atoms with Crippen LogP contribution in [0.25, 0.3) is 0 Å². The van der Waals surface area contributed by atoms with Crippen molar-refractivity contribution < 1.29 is 19.1 Å². The van der Waals surface area contributed by atoms with Crippen LogP contribution in [0.4, 0.5) is 0 Å². The standard InChI is InChI=1S/C23H31N3O4/c1-15-7-9-17(10-8-15)24-21(28)16(2)26-14-13-23(12-11-20(26)27)25-22(29)18-5-3-4-6-19(18)30-23/h3-6,15-17H,7-14H2,1-2H3,(H,24,28)(H,25,29). The summed E-state index contributed by atoms with van der Waals surface area (Å²) in [7, 11) is 0. The summed E-state index contributed by atoms with van der Waals surface area (Å²) in [5.41, 5.74) is -0.406. The number of fused-ring (bicyclic) bond motifs is 1. The van der Waals surface area contributed by atoms with Crippen molar-refractivity contribution >= 4 is 17.7 Å². The lowest BCUT2D eigenvalue weighted by Gasteiger charge is -2.38. The van der Waals surface area contributed by atoms with Gasteiger partial charge in [0, 0.05) is 31.8 Å². The molecule has 7 nitrogen and oxygen atoms in total. The highest BCUT2D eigenvalue weighted by Crippen LogP contribution is 2.34. The molecule has 2 aliphatic heterocycles. The largest absolute Gasteiger partial charge is 0.467 e. The lowest BCUT2D eigenvalue weighted by Crippen LogP contribution is -2.56. The molecule has 1 aliphatic carbocycles. The molecule has 2 heterocycles. The number of nitrogens with one attached hydrogen (secondary N) is 2. The molecule has 4 rings (SSSR count). The summed E-state index contributed by atoms with van der Waals surface area (Å²) >= 11 is 0. The van der Waals surface area contributed by atoms with Gasteiger partial charge in [-0.05, 0) is 50.7 Å². The van der Waals surface area contributed by atoms with Crippen molar-refractivity contribution in [1.82, 2.24) is 15.5 Å². The van der Waals surface area contributed by atoms with Crippen molar-refractivity contribution in [3.8, 4) is 5.75 Å². The summed E-state index contributed by atoms with van der Waals surface area (Å²) < 4.78 is 6.17. The smallest absolute Gasteiger partial charge is 0.258 e. The second-order valence-corrected chi connectivity index (χ2v) is 9.03. The Morgan fingerprint density at radius 2 is 1.93 bits per heavy atom. The molecule has 162 valence electrons. The van der Waals surface area contributed by atoms with Gasteiger partial charge in [0.2, 0.25) is 11.8 Å². The molecular weight excluding hydrogens is 382 g/mol. The maximum atomic E-state index is 12.8. The second-order valence-electron chi connectivity index (χ2n) is 9.03. The summed E-state index contributed by atoms with van der Waals surface area (Å²) in [6.45, 7) is 4.39. The van der Waals surface area contributed by atoms with Crippen LogP contribution >= 0.6 is 0 Å². The zero-order valence-electron chi connectivity index (χ0n) is 17.8. The number of para-hydroxylation sites is 1. The van der Waals surface area contributed by atoms with Crippen LogP contribution in [0.1, 0.15) is 69.2 Å². The van der Waals surface area contributed by atoms with Gasteiger partial charge in [-0.3, -0.25) is 14.4 Å². The van der Waals surface area contributed by atoms with Crippen molar-refractivity contribution in [2.24, 2.45) is 5.92 Å².